The number of carbonyl (C=O) groups is 1. The van der Waals surface area contributed by atoms with Crippen LogP contribution in [-0.2, 0) is 0 Å². The van der Waals surface area contributed by atoms with Crippen molar-refractivity contribution in [3.05, 3.63) is 24.0 Å². The van der Waals surface area contributed by atoms with Gasteiger partial charge in [-0.2, -0.15) is 0 Å². The molecule has 1 unspecified atom stereocenters. The van der Waals surface area contributed by atoms with Crippen molar-refractivity contribution in [2.75, 3.05) is 56.0 Å². The smallest absolute Gasteiger partial charge is 0.323 e. The lowest BCUT2D eigenvalue weighted by molar-refractivity contribution is 0.199. The average Bonchev–Trinajstić information content (AvgIpc) is 2.73. The largest absolute Gasteiger partial charge is 0.354 e. The Labute approximate surface area is 161 Å². The summed E-state index contributed by atoms with van der Waals surface area (Å²) in [7, 11) is 0. The van der Waals surface area contributed by atoms with Gasteiger partial charge in [0.25, 0.3) is 0 Å². The van der Waals surface area contributed by atoms with Crippen LogP contribution in [0.2, 0.25) is 0 Å². The molecule has 1 aromatic rings. The van der Waals surface area contributed by atoms with Crippen molar-refractivity contribution in [1.82, 2.24) is 19.8 Å². The zero-order chi connectivity index (χ0) is 18.6. The van der Waals surface area contributed by atoms with Crippen LogP contribution in [0.3, 0.4) is 0 Å². The fraction of sp³-hybridized carbons (Fsp3) is 0.650. The molecular formula is C20H30N6O. The molecule has 0 saturated carbocycles. The minimum Gasteiger partial charge on any atom is -0.354 e. The van der Waals surface area contributed by atoms with Crippen molar-refractivity contribution < 1.29 is 4.79 Å². The maximum atomic E-state index is 12.7. The van der Waals surface area contributed by atoms with Crippen LogP contribution in [0.25, 0.3) is 0 Å². The standard InChI is InChI=1S/C20H30N6O/c1-2-24-9-11-25(12-10-24)19-13-18(21-15-22-19)23-20(27)26-8-7-16-5-3-4-6-17(16)14-26/h6,13,15-16H,2-5,7-12,14H2,1H3,(H,21,22,23,27). The molecule has 4 rings (SSSR count). The van der Waals surface area contributed by atoms with E-state index < -0.39 is 0 Å². The van der Waals surface area contributed by atoms with E-state index in [0.29, 0.717) is 11.7 Å². The summed E-state index contributed by atoms with van der Waals surface area (Å²) in [5.41, 5.74) is 1.44. The van der Waals surface area contributed by atoms with Crippen molar-refractivity contribution in [3.63, 3.8) is 0 Å². The first-order valence-electron chi connectivity index (χ1n) is 10.3. The molecule has 2 amide bonds. The van der Waals surface area contributed by atoms with Gasteiger partial charge in [0.05, 0.1) is 0 Å². The highest BCUT2D eigenvalue weighted by molar-refractivity contribution is 5.89. The molecule has 2 saturated heterocycles. The lowest BCUT2D eigenvalue weighted by atomic mass is 9.82. The van der Waals surface area contributed by atoms with Crippen molar-refractivity contribution in [2.45, 2.75) is 32.6 Å². The summed E-state index contributed by atoms with van der Waals surface area (Å²) in [6, 6.07) is 1.84. The molecule has 0 bridgehead atoms. The van der Waals surface area contributed by atoms with Gasteiger partial charge < -0.3 is 14.7 Å². The van der Waals surface area contributed by atoms with Gasteiger partial charge in [-0.15, -0.1) is 0 Å². The van der Waals surface area contributed by atoms with Crippen LogP contribution in [-0.4, -0.2) is 71.6 Å². The van der Waals surface area contributed by atoms with Crippen molar-refractivity contribution in [1.29, 1.82) is 0 Å². The quantitative estimate of drug-likeness (QED) is 0.829. The third-order valence-electron chi connectivity index (χ3n) is 6.13. The lowest BCUT2D eigenvalue weighted by Crippen LogP contribution is -2.46. The van der Waals surface area contributed by atoms with Gasteiger partial charge in [0.1, 0.15) is 18.0 Å². The molecule has 27 heavy (non-hydrogen) atoms. The van der Waals surface area contributed by atoms with Crippen molar-refractivity contribution in [3.8, 4) is 0 Å². The van der Waals surface area contributed by atoms with E-state index in [-0.39, 0.29) is 6.03 Å². The molecule has 146 valence electrons. The van der Waals surface area contributed by atoms with Crippen LogP contribution in [0.1, 0.15) is 32.6 Å². The van der Waals surface area contributed by atoms with E-state index in [1.807, 2.05) is 11.0 Å². The van der Waals surface area contributed by atoms with Crippen LogP contribution in [0, 0.1) is 5.92 Å². The highest BCUT2D eigenvalue weighted by atomic mass is 16.2. The molecule has 0 spiro atoms. The zero-order valence-electron chi connectivity index (χ0n) is 16.2. The number of nitrogens with zero attached hydrogens (tertiary/aromatic N) is 5. The Balaban J connectivity index is 1.37. The van der Waals surface area contributed by atoms with Crippen LogP contribution in [0.4, 0.5) is 16.4 Å². The average molecular weight is 371 g/mol. The van der Waals surface area contributed by atoms with E-state index in [2.05, 4.69) is 38.1 Å². The molecule has 3 heterocycles. The fourth-order valence-electron chi connectivity index (χ4n) is 4.38. The lowest BCUT2D eigenvalue weighted by Gasteiger charge is -2.36. The number of allylic oxidation sites excluding steroid dienone is 1. The SMILES string of the molecule is CCN1CCN(c2cc(NC(=O)N3CCC4CCCC=C4C3)ncn2)CC1. The highest BCUT2D eigenvalue weighted by Gasteiger charge is 2.28. The minimum absolute atomic E-state index is 0.0552. The molecule has 2 aliphatic heterocycles. The van der Waals surface area contributed by atoms with Crippen LogP contribution >= 0.6 is 0 Å². The summed E-state index contributed by atoms with van der Waals surface area (Å²) in [6.07, 6.45) is 8.69. The molecule has 1 aliphatic carbocycles. The van der Waals surface area contributed by atoms with Gasteiger partial charge in [0.15, 0.2) is 0 Å². The number of nitrogens with one attached hydrogen (secondary N) is 1. The zero-order valence-corrected chi connectivity index (χ0v) is 16.2. The summed E-state index contributed by atoms with van der Waals surface area (Å²) in [4.78, 5) is 28.0. The van der Waals surface area contributed by atoms with E-state index in [4.69, 9.17) is 0 Å². The predicted molar refractivity (Wildman–Crippen MR) is 107 cm³/mol. The molecule has 7 nitrogen and oxygen atoms in total. The van der Waals surface area contributed by atoms with E-state index >= 15 is 0 Å². The van der Waals surface area contributed by atoms with Gasteiger partial charge >= 0.3 is 6.03 Å². The monoisotopic (exact) mass is 370 g/mol. The van der Waals surface area contributed by atoms with Crippen LogP contribution in [0.5, 0.6) is 0 Å². The number of hydrogen-bond donors (Lipinski definition) is 1. The second-order valence-corrected chi connectivity index (χ2v) is 7.73. The summed E-state index contributed by atoms with van der Waals surface area (Å²) >= 11 is 0. The Kier molecular flexibility index (Phi) is 5.57. The Hall–Kier alpha value is -2.15. The number of carbonyl (C=O) groups excluding carboxylic acids is 1. The number of urea groups is 1. The topological polar surface area (TPSA) is 64.6 Å². The molecule has 7 heteroatoms. The first kappa shape index (κ1) is 18.2. The minimum atomic E-state index is -0.0552. The predicted octanol–water partition coefficient (Wildman–Crippen LogP) is 2.58. The number of likely N-dealkylation sites (tertiary alicyclic amines) is 1. The Bertz CT molecular complexity index is 697. The molecule has 1 atom stereocenters. The van der Waals surface area contributed by atoms with Crippen molar-refractivity contribution >= 4 is 17.7 Å². The number of amides is 2. The van der Waals surface area contributed by atoms with Crippen molar-refractivity contribution in [2.24, 2.45) is 5.92 Å². The van der Waals surface area contributed by atoms with Crippen LogP contribution < -0.4 is 10.2 Å². The van der Waals surface area contributed by atoms with E-state index in [1.165, 1.54) is 18.4 Å². The van der Waals surface area contributed by atoms with Gasteiger partial charge in [-0.3, -0.25) is 5.32 Å². The fourth-order valence-corrected chi connectivity index (χ4v) is 4.38. The molecule has 1 N–H and O–H groups in total. The Morgan fingerprint density at radius 3 is 2.85 bits per heavy atom. The molecule has 2 fully saturated rings. The van der Waals surface area contributed by atoms with E-state index in [1.54, 1.807) is 6.33 Å². The summed E-state index contributed by atoms with van der Waals surface area (Å²) in [5, 5.41) is 2.98. The maximum absolute atomic E-state index is 12.7. The molecular weight excluding hydrogens is 340 g/mol. The Morgan fingerprint density at radius 2 is 2.04 bits per heavy atom. The number of hydrogen-bond acceptors (Lipinski definition) is 5. The number of aromatic nitrogens is 2. The second kappa shape index (κ2) is 8.25. The number of piperazine rings is 1. The first-order chi connectivity index (χ1) is 13.2. The number of anilines is 2. The third-order valence-corrected chi connectivity index (χ3v) is 6.13. The highest BCUT2D eigenvalue weighted by Crippen LogP contribution is 2.32. The van der Waals surface area contributed by atoms with Gasteiger partial charge in [0, 0.05) is 45.3 Å². The summed E-state index contributed by atoms with van der Waals surface area (Å²) in [6.45, 7) is 8.88. The number of likely N-dealkylation sites (N-methyl/N-ethyl adjacent to an activating group) is 1. The molecule has 1 aromatic heterocycles. The normalized spacial score (nSPS) is 23.6. The van der Waals surface area contributed by atoms with Gasteiger partial charge in [-0.05, 0) is 38.1 Å². The van der Waals surface area contributed by atoms with Gasteiger partial charge in [-0.1, -0.05) is 18.6 Å². The van der Waals surface area contributed by atoms with Crippen LogP contribution in [0.15, 0.2) is 24.0 Å². The molecule has 0 radical (unpaired) electrons. The van der Waals surface area contributed by atoms with Gasteiger partial charge in [0.2, 0.25) is 0 Å². The number of fused-ring (bicyclic) bond motifs is 1. The maximum Gasteiger partial charge on any atom is 0.323 e. The van der Waals surface area contributed by atoms with E-state index in [0.717, 1.165) is 64.5 Å². The summed E-state index contributed by atoms with van der Waals surface area (Å²) in [5.74, 6) is 2.17. The van der Waals surface area contributed by atoms with Gasteiger partial charge in [-0.25, -0.2) is 14.8 Å². The first-order valence-corrected chi connectivity index (χ1v) is 10.3. The number of rotatable bonds is 3. The molecule has 0 aromatic carbocycles. The number of piperidine rings is 1. The Morgan fingerprint density at radius 1 is 1.19 bits per heavy atom. The molecule has 3 aliphatic rings. The summed E-state index contributed by atoms with van der Waals surface area (Å²) < 4.78 is 0. The third kappa shape index (κ3) is 4.24. The second-order valence-electron chi connectivity index (χ2n) is 7.73. The van der Waals surface area contributed by atoms with E-state index in [9.17, 15) is 4.79 Å².